The molecule has 0 N–H and O–H groups in total. The minimum atomic E-state index is 0.607. The van der Waals surface area contributed by atoms with Gasteiger partial charge in [0, 0.05) is 13.1 Å². The lowest BCUT2D eigenvalue weighted by atomic mass is 10.4. The Labute approximate surface area is 84.0 Å². The van der Waals surface area contributed by atoms with Crippen molar-refractivity contribution in [3.63, 3.8) is 0 Å². The van der Waals surface area contributed by atoms with Gasteiger partial charge in [-0.25, -0.2) is 0 Å². The van der Waals surface area contributed by atoms with Gasteiger partial charge in [0.1, 0.15) is 0 Å². The first kappa shape index (κ1) is 11.0. The van der Waals surface area contributed by atoms with Crippen LogP contribution < -0.4 is 4.90 Å². The Morgan fingerprint density at radius 1 is 1.21 bits per heavy atom. The molecule has 1 aromatic heterocycles. The van der Waals surface area contributed by atoms with Crippen molar-refractivity contribution in [3.05, 3.63) is 5.82 Å². The first-order valence-electron chi connectivity index (χ1n) is 4.99. The summed E-state index contributed by atoms with van der Waals surface area (Å²) in [6.45, 7) is 8.96. The number of hydrogen-bond donors (Lipinski definition) is 0. The van der Waals surface area contributed by atoms with Gasteiger partial charge in [0.05, 0.1) is 13.2 Å². The molecule has 0 saturated carbocycles. The maximum absolute atomic E-state index is 5.20. The molecular weight excluding hydrogens is 182 g/mol. The number of aromatic nitrogens is 2. The molecule has 1 saturated heterocycles. The predicted molar refractivity (Wildman–Crippen MR) is 53.4 cm³/mol. The number of nitrogens with zero attached hydrogens (tertiary/aromatic N) is 3. The SMILES string of the molecule is CC.Cc1noc(N2CCOCC2)n1. The summed E-state index contributed by atoms with van der Waals surface area (Å²) in [5, 5.41) is 3.72. The van der Waals surface area contributed by atoms with Crippen LogP contribution in [0.4, 0.5) is 6.01 Å². The number of morpholine rings is 1. The normalized spacial score (nSPS) is 16.1. The molecule has 80 valence electrons. The number of rotatable bonds is 1. The van der Waals surface area contributed by atoms with Gasteiger partial charge in [0.25, 0.3) is 0 Å². The van der Waals surface area contributed by atoms with Crippen molar-refractivity contribution in [1.82, 2.24) is 10.1 Å². The standard InChI is InChI=1S/C7H11N3O2.C2H6/c1-6-8-7(12-9-6)10-2-4-11-5-3-10;1-2/h2-5H2,1H3;1-2H3. The van der Waals surface area contributed by atoms with Crippen molar-refractivity contribution in [3.8, 4) is 0 Å². The lowest BCUT2D eigenvalue weighted by Crippen LogP contribution is -2.36. The third kappa shape index (κ3) is 2.70. The molecule has 1 aliphatic rings. The third-order valence-electron chi connectivity index (χ3n) is 1.80. The topological polar surface area (TPSA) is 51.4 Å². The maximum Gasteiger partial charge on any atom is 0.324 e. The quantitative estimate of drug-likeness (QED) is 0.681. The summed E-state index contributed by atoms with van der Waals surface area (Å²) in [7, 11) is 0. The van der Waals surface area contributed by atoms with Gasteiger partial charge in [0.2, 0.25) is 0 Å². The molecule has 5 nitrogen and oxygen atoms in total. The van der Waals surface area contributed by atoms with Crippen LogP contribution in [0.1, 0.15) is 19.7 Å². The summed E-state index contributed by atoms with van der Waals surface area (Å²) in [6.07, 6.45) is 0. The average molecular weight is 199 g/mol. The van der Waals surface area contributed by atoms with Gasteiger partial charge >= 0.3 is 6.01 Å². The minimum absolute atomic E-state index is 0.607. The van der Waals surface area contributed by atoms with Gasteiger partial charge in [0.15, 0.2) is 5.82 Å². The van der Waals surface area contributed by atoms with Crippen LogP contribution >= 0.6 is 0 Å². The van der Waals surface area contributed by atoms with E-state index in [1.807, 2.05) is 25.7 Å². The van der Waals surface area contributed by atoms with E-state index in [0.29, 0.717) is 11.8 Å². The van der Waals surface area contributed by atoms with Crippen LogP contribution in [0.2, 0.25) is 0 Å². The average Bonchev–Trinajstić information content (AvgIpc) is 2.69. The fourth-order valence-electron chi connectivity index (χ4n) is 1.17. The summed E-state index contributed by atoms with van der Waals surface area (Å²) in [6, 6.07) is 0.607. The monoisotopic (exact) mass is 199 g/mol. The molecule has 2 rings (SSSR count). The van der Waals surface area contributed by atoms with Crippen LogP contribution in [-0.4, -0.2) is 36.4 Å². The molecule has 5 heteroatoms. The van der Waals surface area contributed by atoms with Gasteiger partial charge in [-0.1, -0.05) is 19.0 Å². The fraction of sp³-hybridized carbons (Fsp3) is 0.778. The Hall–Kier alpha value is -1.10. The maximum atomic E-state index is 5.20. The molecule has 0 spiro atoms. The molecular formula is C9H17N3O2. The van der Waals surface area contributed by atoms with Crippen molar-refractivity contribution >= 4 is 6.01 Å². The number of hydrogen-bond acceptors (Lipinski definition) is 5. The van der Waals surface area contributed by atoms with Crippen LogP contribution in [0.25, 0.3) is 0 Å². The molecule has 0 amide bonds. The molecule has 14 heavy (non-hydrogen) atoms. The summed E-state index contributed by atoms with van der Waals surface area (Å²) in [5.41, 5.74) is 0. The first-order valence-corrected chi connectivity index (χ1v) is 4.99. The smallest absolute Gasteiger partial charge is 0.324 e. The van der Waals surface area contributed by atoms with Crippen LogP contribution in [-0.2, 0) is 4.74 Å². The molecule has 0 aliphatic carbocycles. The Morgan fingerprint density at radius 3 is 2.36 bits per heavy atom. The van der Waals surface area contributed by atoms with E-state index < -0.39 is 0 Å². The van der Waals surface area contributed by atoms with Crippen molar-refractivity contribution in [1.29, 1.82) is 0 Å². The molecule has 0 bridgehead atoms. The second kappa shape index (κ2) is 5.59. The van der Waals surface area contributed by atoms with Gasteiger partial charge in [-0.2, -0.15) is 4.98 Å². The third-order valence-corrected chi connectivity index (χ3v) is 1.80. The van der Waals surface area contributed by atoms with Crippen molar-refractivity contribution in [2.45, 2.75) is 20.8 Å². The van der Waals surface area contributed by atoms with E-state index in [9.17, 15) is 0 Å². The second-order valence-electron chi connectivity index (χ2n) is 2.72. The van der Waals surface area contributed by atoms with Crippen molar-refractivity contribution < 1.29 is 9.26 Å². The van der Waals surface area contributed by atoms with E-state index in [4.69, 9.17) is 9.26 Å². The van der Waals surface area contributed by atoms with E-state index in [-0.39, 0.29) is 0 Å². The number of anilines is 1. The highest BCUT2D eigenvalue weighted by Crippen LogP contribution is 2.11. The fourth-order valence-corrected chi connectivity index (χ4v) is 1.17. The van der Waals surface area contributed by atoms with Crippen molar-refractivity contribution in [2.24, 2.45) is 0 Å². The highest BCUT2D eigenvalue weighted by atomic mass is 16.5. The van der Waals surface area contributed by atoms with Crippen LogP contribution in [0.3, 0.4) is 0 Å². The van der Waals surface area contributed by atoms with E-state index in [0.717, 1.165) is 26.3 Å². The first-order chi connectivity index (χ1) is 6.86. The molecule has 2 heterocycles. The van der Waals surface area contributed by atoms with Gasteiger partial charge in [-0.3, -0.25) is 0 Å². The summed E-state index contributed by atoms with van der Waals surface area (Å²) in [5.74, 6) is 0.677. The zero-order valence-electron chi connectivity index (χ0n) is 8.99. The summed E-state index contributed by atoms with van der Waals surface area (Å²) >= 11 is 0. The molecule has 0 radical (unpaired) electrons. The molecule has 1 fully saturated rings. The van der Waals surface area contributed by atoms with Gasteiger partial charge < -0.3 is 14.2 Å². The number of aryl methyl sites for hydroxylation is 1. The van der Waals surface area contributed by atoms with Gasteiger partial charge in [-0.15, -0.1) is 0 Å². The van der Waals surface area contributed by atoms with E-state index >= 15 is 0 Å². The molecule has 1 aromatic rings. The molecule has 1 aliphatic heterocycles. The highest BCUT2D eigenvalue weighted by molar-refractivity contribution is 5.24. The second-order valence-corrected chi connectivity index (χ2v) is 2.72. The van der Waals surface area contributed by atoms with Crippen LogP contribution in [0.5, 0.6) is 0 Å². The van der Waals surface area contributed by atoms with Crippen LogP contribution in [0.15, 0.2) is 4.52 Å². The Kier molecular flexibility index (Phi) is 4.39. The Bertz CT molecular complexity index is 256. The largest absolute Gasteiger partial charge is 0.378 e. The summed E-state index contributed by atoms with van der Waals surface area (Å²) < 4.78 is 10.2. The highest BCUT2D eigenvalue weighted by Gasteiger charge is 2.15. The van der Waals surface area contributed by atoms with Crippen LogP contribution in [0, 0.1) is 6.92 Å². The van der Waals surface area contributed by atoms with Crippen molar-refractivity contribution in [2.75, 3.05) is 31.2 Å². The molecule has 0 unspecified atom stereocenters. The summed E-state index contributed by atoms with van der Waals surface area (Å²) in [4.78, 5) is 6.16. The Morgan fingerprint density at radius 2 is 1.86 bits per heavy atom. The number of ether oxygens (including phenoxy) is 1. The molecule has 0 aromatic carbocycles. The lowest BCUT2D eigenvalue weighted by molar-refractivity contribution is 0.119. The van der Waals surface area contributed by atoms with E-state index in [1.54, 1.807) is 0 Å². The van der Waals surface area contributed by atoms with E-state index in [1.165, 1.54) is 0 Å². The van der Waals surface area contributed by atoms with E-state index in [2.05, 4.69) is 10.1 Å². The lowest BCUT2D eigenvalue weighted by Gasteiger charge is -2.24. The minimum Gasteiger partial charge on any atom is -0.378 e. The van der Waals surface area contributed by atoms with Gasteiger partial charge in [-0.05, 0) is 6.92 Å². The molecule has 0 atom stereocenters. The zero-order chi connectivity index (χ0) is 10.4. The Balaban J connectivity index is 0.000000461. The predicted octanol–water partition coefficient (Wildman–Crippen LogP) is 1.24. The zero-order valence-corrected chi connectivity index (χ0v) is 8.99.